The van der Waals surface area contributed by atoms with Crippen LogP contribution in [-0.2, 0) is 0 Å². The van der Waals surface area contributed by atoms with Gasteiger partial charge < -0.3 is 5.11 Å². The van der Waals surface area contributed by atoms with Crippen molar-refractivity contribution in [2.75, 3.05) is 0 Å². The summed E-state index contributed by atoms with van der Waals surface area (Å²) in [4.78, 5) is 14.8. The number of aromatic nitrogens is 4. The molecule has 0 spiro atoms. The minimum Gasteiger partial charge on any atom is -0.478 e. The smallest absolute Gasteiger partial charge is 0.339 e. The summed E-state index contributed by atoms with van der Waals surface area (Å²) in [6, 6.07) is 0. The molecule has 0 aromatic carbocycles. The molecular formula is C8H8N4O2. The summed E-state index contributed by atoms with van der Waals surface area (Å²) in [5.74, 6) is -1.01. The maximum Gasteiger partial charge on any atom is 0.339 e. The van der Waals surface area contributed by atoms with Gasteiger partial charge in [0.1, 0.15) is 5.69 Å². The standard InChI is InChI=1S/C8H8N4O2/c1-4-7-9-3-6(8(13)14)5(2)12(7)11-10-4/h3H,1-2H3,(H,13,14). The average Bonchev–Trinajstić information content (AvgIpc) is 2.49. The molecule has 0 amide bonds. The van der Waals surface area contributed by atoms with E-state index in [1.54, 1.807) is 13.8 Å². The highest BCUT2D eigenvalue weighted by atomic mass is 16.4. The maximum absolute atomic E-state index is 10.8. The summed E-state index contributed by atoms with van der Waals surface area (Å²) < 4.78 is 1.43. The third kappa shape index (κ3) is 1.04. The monoisotopic (exact) mass is 192 g/mol. The molecule has 6 heteroatoms. The Kier molecular flexibility index (Phi) is 1.70. The summed E-state index contributed by atoms with van der Waals surface area (Å²) in [7, 11) is 0. The SMILES string of the molecule is Cc1nnn2c(C)c(C(=O)O)cnc12. The Morgan fingerprint density at radius 2 is 2.21 bits per heavy atom. The van der Waals surface area contributed by atoms with E-state index in [0.29, 0.717) is 17.0 Å². The van der Waals surface area contributed by atoms with Crippen LogP contribution in [-0.4, -0.2) is 30.9 Å². The number of aromatic carboxylic acids is 1. The third-order valence-electron chi connectivity index (χ3n) is 2.06. The molecule has 0 atom stereocenters. The fourth-order valence-electron chi connectivity index (χ4n) is 1.27. The summed E-state index contributed by atoms with van der Waals surface area (Å²) in [5, 5.41) is 16.4. The fraction of sp³-hybridized carbons (Fsp3) is 0.250. The van der Waals surface area contributed by atoms with Crippen molar-refractivity contribution in [1.82, 2.24) is 19.8 Å². The van der Waals surface area contributed by atoms with Crippen LogP contribution in [0.1, 0.15) is 21.7 Å². The van der Waals surface area contributed by atoms with Gasteiger partial charge in [-0.3, -0.25) is 0 Å². The molecule has 0 bridgehead atoms. The maximum atomic E-state index is 10.8. The minimum absolute atomic E-state index is 0.141. The number of fused-ring (bicyclic) bond motifs is 1. The summed E-state index contributed by atoms with van der Waals surface area (Å²) in [6.07, 6.45) is 1.32. The first-order chi connectivity index (χ1) is 6.61. The average molecular weight is 192 g/mol. The van der Waals surface area contributed by atoms with E-state index in [2.05, 4.69) is 15.3 Å². The van der Waals surface area contributed by atoms with Gasteiger partial charge in [0.05, 0.1) is 11.3 Å². The Morgan fingerprint density at radius 1 is 1.50 bits per heavy atom. The van der Waals surface area contributed by atoms with Crippen LogP contribution in [0.25, 0.3) is 5.65 Å². The summed E-state index contributed by atoms with van der Waals surface area (Å²) >= 11 is 0. The zero-order valence-corrected chi connectivity index (χ0v) is 7.72. The van der Waals surface area contributed by atoms with E-state index in [9.17, 15) is 4.79 Å². The van der Waals surface area contributed by atoms with Crippen LogP contribution in [0, 0.1) is 13.8 Å². The number of carbonyl (C=O) groups is 1. The van der Waals surface area contributed by atoms with Gasteiger partial charge in [-0.1, -0.05) is 5.21 Å². The molecule has 2 rings (SSSR count). The molecule has 0 radical (unpaired) electrons. The van der Waals surface area contributed by atoms with Crippen LogP contribution in [0.5, 0.6) is 0 Å². The van der Waals surface area contributed by atoms with Crippen molar-refractivity contribution in [1.29, 1.82) is 0 Å². The van der Waals surface area contributed by atoms with Crippen molar-refractivity contribution in [2.45, 2.75) is 13.8 Å². The third-order valence-corrected chi connectivity index (χ3v) is 2.06. The molecule has 6 nitrogen and oxygen atoms in total. The Bertz CT molecular complexity index is 517. The van der Waals surface area contributed by atoms with E-state index in [0.717, 1.165) is 0 Å². The van der Waals surface area contributed by atoms with Crippen LogP contribution in [0.3, 0.4) is 0 Å². The largest absolute Gasteiger partial charge is 0.478 e. The number of hydrogen-bond acceptors (Lipinski definition) is 4. The van der Waals surface area contributed by atoms with Gasteiger partial charge in [0.2, 0.25) is 0 Å². The molecule has 0 fully saturated rings. The highest BCUT2D eigenvalue weighted by molar-refractivity contribution is 5.88. The van der Waals surface area contributed by atoms with E-state index >= 15 is 0 Å². The summed E-state index contributed by atoms with van der Waals surface area (Å²) in [6.45, 7) is 3.45. The first-order valence-electron chi connectivity index (χ1n) is 4.02. The summed E-state index contributed by atoms with van der Waals surface area (Å²) in [5.41, 5.74) is 1.95. The Balaban J connectivity index is 2.82. The highest BCUT2D eigenvalue weighted by Gasteiger charge is 2.13. The molecule has 2 aromatic rings. The number of nitrogens with zero attached hydrogens (tertiary/aromatic N) is 4. The van der Waals surface area contributed by atoms with Crippen LogP contribution in [0.15, 0.2) is 6.20 Å². The Morgan fingerprint density at radius 3 is 2.86 bits per heavy atom. The van der Waals surface area contributed by atoms with Gasteiger partial charge in [0.15, 0.2) is 5.65 Å². The molecular weight excluding hydrogens is 184 g/mol. The molecule has 0 aliphatic carbocycles. The molecule has 2 heterocycles. The number of rotatable bonds is 1. The van der Waals surface area contributed by atoms with Crippen molar-refractivity contribution in [2.24, 2.45) is 0 Å². The molecule has 0 unspecified atom stereocenters. The van der Waals surface area contributed by atoms with Crippen LogP contribution < -0.4 is 0 Å². The van der Waals surface area contributed by atoms with Gasteiger partial charge in [0.25, 0.3) is 0 Å². The molecule has 0 saturated heterocycles. The van der Waals surface area contributed by atoms with E-state index in [1.165, 1.54) is 10.7 Å². The number of carboxylic acid groups (broad SMARTS) is 1. The zero-order valence-electron chi connectivity index (χ0n) is 7.72. The molecule has 0 aliphatic heterocycles. The van der Waals surface area contributed by atoms with Crippen LogP contribution >= 0.6 is 0 Å². The van der Waals surface area contributed by atoms with Gasteiger partial charge >= 0.3 is 5.97 Å². The van der Waals surface area contributed by atoms with Gasteiger partial charge in [0, 0.05) is 6.20 Å². The minimum atomic E-state index is -1.01. The molecule has 14 heavy (non-hydrogen) atoms. The van der Waals surface area contributed by atoms with Gasteiger partial charge in [-0.05, 0) is 13.8 Å². The lowest BCUT2D eigenvalue weighted by molar-refractivity contribution is 0.0695. The lowest BCUT2D eigenvalue weighted by Gasteiger charge is -2.01. The Labute approximate surface area is 79.2 Å². The van der Waals surface area contributed by atoms with Crippen molar-refractivity contribution in [3.8, 4) is 0 Å². The van der Waals surface area contributed by atoms with Crippen molar-refractivity contribution < 1.29 is 9.90 Å². The second kappa shape index (κ2) is 2.76. The van der Waals surface area contributed by atoms with E-state index in [-0.39, 0.29) is 5.56 Å². The van der Waals surface area contributed by atoms with Crippen molar-refractivity contribution >= 4 is 11.6 Å². The molecule has 0 aliphatic rings. The van der Waals surface area contributed by atoms with Crippen molar-refractivity contribution in [3.63, 3.8) is 0 Å². The van der Waals surface area contributed by atoms with Gasteiger partial charge in [-0.15, -0.1) is 5.10 Å². The first-order valence-corrected chi connectivity index (χ1v) is 4.02. The Hall–Kier alpha value is -1.98. The fourth-order valence-corrected chi connectivity index (χ4v) is 1.27. The molecule has 1 N–H and O–H groups in total. The molecule has 72 valence electrons. The normalized spacial score (nSPS) is 10.7. The van der Waals surface area contributed by atoms with Crippen molar-refractivity contribution in [3.05, 3.63) is 23.1 Å². The lowest BCUT2D eigenvalue weighted by atomic mass is 10.2. The second-order valence-corrected chi connectivity index (χ2v) is 2.97. The lowest BCUT2D eigenvalue weighted by Crippen LogP contribution is -2.07. The predicted molar refractivity (Wildman–Crippen MR) is 47.2 cm³/mol. The highest BCUT2D eigenvalue weighted by Crippen LogP contribution is 2.10. The van der Waals surface area contributed by atoms with Gasteiger partial charge in [-0.2, -0.15) is 4.52 Å². The van der Waals surface area contributed by atoms with E-state index in [4.69, 9.17) is 5.11 Å². The van der Waals surface area contributed by atoms with E-state index < -0.39 is 5.97 Å². The van der Waals surface area contributed by atoms with E-state index in [1.807, 2.05) is 0 Å². The van der Waals surface area contributed by atoms with Crippen LogP contribution in [0.4, 0.5) is 0 Å². The first kappa shape index (κ1) is 8.61. The zero-order chi connectivity index (χ0) is 10.3. The molecule has 2 aromatic heterocycles. The van der Waals surface area contributed by atoms with Gasteiger partial charge in [-0.25, -0.2) is 9.78 Å². The number of hydrogen-bond donors (Lipinski definition) is 1. The second-order valence-electron chi connectivity index (χ2n) is 2.97. The molecule has 0 saturated carbocycles. The quantitative estimate of drug-likeness (QED) is 0.709. The topological polar surface area (TPSA) is 80.4 Å². The number of carboxylic acids is 1. The number of aryl methyl sites for hydroxylation is 2. The predicted octanol–water partition coefficient (Wildman–Crippen LogP) is 0.439. The van der Waals surface area contributed by atoms with Crippen LogP contribution in [0.2, 0.25) is 0 Å².